The van der Waals surface area contributed by atoms with Gasteiger partial charge in [-0.15, -0.1) is 0 Å². The summed E-state index contributed by atoms with van der Waals surface area (Å²) in [6, 6.07) is 16.4. The molecule has 23 heavy (non-hydrogen) atoms. The Labute approximate surface area is 136 Å². The van der Waals surface area contributed by atoms with Crippen LogP contribution in [0.25, 0.3) is 0 Å². The molecule has 1 fully saturated rings. The molecule has 0 aromatic heterocycles. The van der Waals surface area contributed by atoms with Gasteiger partial charge in [-0.2, -0.15) is 0 Å². The standard InChI is InChI=1S/C18H19NO3S/c1-13(14-6-4-3-5-7-14)19-12-17(19)18(20)15-8-10-16(11-9-15)23(2,21)22/h3-11,13,17H,12H2,1-2H3. The normalized spacial score (nSPS) is 21.7. The number of nitrogens with zero attached hydrogens (tertiary/aromatic N) is 1. The molecule has 2 aromatic carbocycles. The minimum atomic E-state index is -3.23. The molecule has 4 nitrogen and oxygen atoms in total. The molecule has 120 valence electrons. The van der Waals surface area contributed by atoms with Crippen LogP contribution in [-0.4, -0.2) is 37.9 Å². The molecule has 0 spiro atoms. The molecule has 0 amide bonds. The average molecular weight is 329 g/mol. The second-order valence-corrected chi connectivity index (χ2v) is 7.98. The van der Waals surface area contributed by atoms with Crippen molar-refractivity contribution in [3.63, 3.8) is 0 Å². The molecular formula is C18H19NO3S. The van der Waals surface area contributed by atoms with Crippen LogP contribution in [-0.2, 0) is 9.84 Å². The van der Waals surface area contributed by atoms with Gasteiger partial charge < -0.3 is 0 Å². The van der Waals surface area contributed by atoms with E-state index in [-0.39, 0.29) is 22.8 Å². The van der Waals surface area contributed by atoms with Crippen molar-refractivity contribution < 1.29 is 13.2 Å². The Balaban J connectivity index is 1.71. The fourth-order valence-electron chi connectivity index (χ4n) is 2.80. The van der Waals surface area contributed by atoms with Crippen LogP contribution in [0.5, 0.6) is 0 Å². The summed E-state index contributed by atoms with van der Waals surface area (Å²) >= 11 is 0. The fraction of sp³-hybridized carbons (Fsp3) is 0.278. The van der Waals surface area contributed by atoms with Gasteiger partial charge in [-0.25, -0.2) is 8.42 Å². The molecule has 5 heteroatoms. The molecule has 3 rings (SSSR count). The number of ketones is 1. The van der Waals surface area contributed by atoms with Crippen molar-refractivity contribution in [3.05, 3.63) is 65.7 Å². The van der Waals surface area contributed by atoms with Gasteiger partial charge in [-0.1, -0.05) is 42.5 Å². The third-order valence-corrected chi connectivity index (χ3v) is 5.43. The Morgan fingerprint density at radius 3 is 2.26 bits per heavy atom. The van der Waals surface area contributed by atoms with E-state index in [1.54, 1.807) is 12.1 Å². The predicted molar refractivity (Wildman–Crippen MR) is 89.2 cm³/mol. The SMILES string of the molecule is CC(c1ccccc1)N1CC1C(=O)c1ccc(S(C)(=O)=O)cc1. The first-order valence-electron chi connectivity index (χ1n) is 7.53. The number of benzene rings is 2. The zero-order chi connectivity index (χ0) is 16.6. The summed E-state index contributed by atoms with van der Waals surface area (Å²) in [4.78, 5) is 14.9. The summed E-state index contributed by atoms with van der Waals surface area (Å²) in [6.45, 7) is 2.83. The van der Waals surface area contributed by atoms with Crippen LogP contribution in [0.1, 0.15) is 28.9 Å². The maximum absolute atomic E-state index is 12.5. The number of carbonyl (C=O) groups is 1. The van der Waals surface area contributed by atoms with Crippen LogP contribution in [0.4, 0.5) is 0 Å². The van der Waals surface area contributed by atoms with E-state index in [1.807, 2.05) is 18.2 Å². The third-order valence-electron chi connectivity index (χ3n) is 4.30. The van der Waals surface area contributed by atoms with Gasteiger partial charge in [-0.05, 0) is 24.6 Å². The van der Waals surface area contributed by atoms with E-state index < -0.39 is 9.84 Å². The molecule has 0 N–H and O–H groups in total. The van der Waals surface area contributed by atoms with Crippen molar-refractivity contribution in [2.75, 3.05) is 12.8 Å². The van der Waals surface area contributed by atoms with Crippen molar-refractivity contribution in [3.8, 4) is 0 Å². The first-order valence-corrected chi connectivity index (χ1v) is 9.42. The van der Waals surface area contributed by atoms with Crippen molar-refractivity contribution >= 4 is 15.6 Å². The molecule has 0 radical (unpaired) electrons. The Hall–Kier alpha value is -1.98. The van der Waals surface area contributed by atoms with Crippen LogP contribution in [0.3, 0.4) is 0 Å². The topological polar surface area (TPSA) is 54.2 Å². The Kier molecular flexibility index (Phi) is 4.08. The Morgan fingerprint density at radius 2 is 1.70 bits per heavy atom. The van der Waals surface area contributed by atoms with Crippen LogP contribution >= 0.6 is 0 Å². The van der Waals surface area contributed by atoms with Gasteiger partial charge in [0.25, 0.3) is 0 Å². The van der Waals surface area contributed by atoms with Crippen LogP contribution in [0.2, 0.25) is 0 Å². The molecule has 1 aliphatic rings. The summed E-state index contributed by atoms with van der Waals surface area (Å²) in [5, 5.41) is 0. The highest BCUT2D eigenvalue weighted by molar-refractivity contribution is 7.90. The molecule has 3 unspecified atom stereocenters. The van der Waals surface area contributed by atoms with Crippen molar-refractivity contribution in [2.24, 2.45) is 0 Å². The van der Waals surface area contributed by atoms with E-state index >= 15 is 0 Å². The van der Waals surface area contributed by atoms with Crippen LogP contribution in [0, 0.1) is 0 Å². The number of rotatable bonds is 5. The third kappa shape index (κ3) is 3.35. The molecule has 1 heterocycles. The van der Waals surface area contributed by atoms with Gasteiger partial charge in [-0.3, -0.25) is 9.69 Å². The molecule has 3 atom stereocenters. The highest BCUT2D eigenvalue weighted by Crippen LogP contribution is 2.33. The highest BCUT2D eigenvalue weighted by Gasteiger charge is 2.43. The summed E-state index contributed by atoms with van der Waals surface area (Å²) in [5.41, 5.74) is 1.75. The van der Waals surface area contributed by atoms with Crippen molar-refractivity contribution in [2.45, 2.75) is 23.9 Å². The molecule has 2 aromatic rings. The second-order valence-electron chi connectivity index (χ2n) is 5.96. The van der Waals surface area contributed by atoms with Gasteiger partial charge in [0.05, 0.1) is 10.9 Å². The summed E-state index contributed by atoms with van der Waals surface area (Å²) in [7, 11) is -3.23. The maximum Gasteiger partial charge on any atom is 0.181 e. The summed E-state index contributed by atoms with van der Waals surface area (Å²) in [6.07, 6.45) is 1.16. The number of Topliss-reactive ketones (excluding diaryl/α,β-unsaturated/α-hetero) is 1. The molecule has 0 saturated carbocycles. The lowest BCUT2D eigenvalue weighted by molar-refractivity contribution is 0.0969. The molecule has 1 saturated heterocycles. The lowest BCUT2D eigenvalue weighted by Crippen LogP contribution is -2.16. The van der Waals surface area contributed by atoms with Crippen molar-refractivity contribution in [1.82, 2.24) is 4.90 Å². The monoisotopic (exact) mass is 329 g/mol. The zero-order valence-corrected chi connectivity index (χ0v) is 14.0. The number of sulfone groups is 1. The van der Waals surface area contributed by atoms with Crippen LogP contribution in [0.15, 0.2) is 59.5 Å². The van der Waals surface area contributed by atoms with Gasteiger partial charge in [0.1, 0.15) is 0 Å². The maximum atomic E-state index is 12.5. The number of hydrogen-bond acceptors (Lipinski definition) is 4. The molecular weight excluding hydrogens is 310 g/mol. The van der Waals surface area contributed by atoms with Gasteiger partial charge in [0.15, 0.2) is 15.6 Å². The van der Waals surface area contributed by atoms with E-state index in [0.717, 1.165) is 12.8 Å². The Morgan fingerprint density at radius 1 is 1.09 bits per heavy atom. The van der Waals surface area contributed by atoms with Gasteiger partial charge in [0, 0.05) is 24.4 Å². The van der Waals surface area contributed by atoms with E-state index in [4.69, 9.17) is 0 Å². The van der Waals surface area contributed by atoms with Gasteiger partial charge >= 0.3 is 0 Å². The minimum absolute atomic E-state index is 0.0489. The first-order chi connectivity index (χ1) is 10.9. The summed E-state index contributed by atoms with van der Waals surface area (Å²) in [5.74, 6) is 0.0489. The van der Waals surface area contributed by atoms with Gasteiger partial charge in [0.2, 0.25) is 0 Å². The summed E-state index contributed by atoms with van der Waals surface area (Å²) < 4.78 is 22.9. The zero-order valence-electron chi connectivity index (χ0n) is 13.1. The second kappa shape index (κ2) is 5.91. The van der Waals surface area contributed by atoms with E-state index in [0.29, 0.717) is 5.56 Å². The minimum Gasteiger partial charge on any atom is -0.292 e. The first kappa shape index (κ1) is 15.9. The van der Waals surface area contributed by atoms with Crippen LogP contribution < -0.4 is 0 Å². The average Bonchev–Trinajstić information content (AvgIpc) is 3.34. The molecule has 0 bridgehead atoms. The molecule has 0 aliphatic carbocycles. The number of hydrogen-bond donors (Lipinski definition) is 0. The lowest BCUT2D eigenvalue weighted by atomic mass is 10.1. The number of carbonyl (C=O) groups excluding carboxylic acids is 1. The Bertz CT molecular complexity index is 813. The highest BCUT2D eigenvalue weighted by atomic mass is 32.2. The largest absolute Gasteiger partial charge is 0.292 e. The van der Waals surface area contributed by atoms with E-state index in [2.05, 4.69) is 24.0 Å². The van der Waals surface area contributed by atoms with E-state index in [1.165, 1.54) is 17.7 Å². The fourth-order valence-corrected chi connectivity index (χ4v) is 3.43. The van der Waals surface area contributed by atoms with Crippen molar-refractivity contribution in [1.29, 1.82) is 0 Å². The molecule has 1 aliphatic heterocycles. The quantitative estimate of drug-likeness (QED) is 0.625. The predicted octanol–water partition coefficient (Wildman–Crippen LogP) is 2.72. The van der Waals surface area contributed by atoms with E-state index in [9.17, 15) is 13.2 Å². The smallest absolute Gasteiger partial charge is 0.181 e. The lowest BCUT2D eigenvalue weighted by Gasteiger charge is -2.14.